The lowest BCUT2D eigenvalue weighted by molar-refractivity contribution is -0.228. The molecule has 0 aromatic heterocycles. The van der Waals surface area contributed by atoms with Gasteiger partial charge in [-0.25, -0.2) is 4.79 Å². The number of amides is 3. The summed E-state index contributed by atoms with van der Waals surface area (Å²) in [6.07, 6.45) is -2.00. The van der Waals surface area contributed by atoms with Gasteiger partial charge in [0.2, 0.25) is 0 Å². The van der Waals surface area contributed by atoms with E-state index in [2.05, 4.69) is 0 Å². The van der Waals surface area contributed by atoms with E-state index in [-0.39, 0.29) is 0 Å². The molecule has 0 aromatic rings. The van der Waals surface area contributed by atoms with Crippen LogP contribution in [0.25, 0.3) is 0 Å². The van der Waals surface area contributed by atoms with Crippen molar-refractivity contribution < 1.29 is 24.9 Å². The Hall–Kier alpha value is -1.18. The van der Waals surface area contributed by atoms with E-state index in [1.165, 1.54) is 0 Å². The molecule has 1 unspecified atom stereocenters. The molecule has 1 heterocycles. The highest BCUT2D eigenvalue weighted by Gasteiger charge is 2.47. The number of nitrogens with one attached hydrogen (secondary N) is 2. The van der Waals surface area contributed by atoms with E-state index in [4.69, 9.17) is 15.3 Å². The first-order valence-corrected chi connectivity index (χ1v) is 2.69. The molecule has 7 nitrogen and oxygen atoms in total. The lowest BCUT2D eigenvalue weighted by Gasteiger charge is -2.30. The van der Waals surface area contributed by atoms with Crippen LogP contribution in [-0.2, 0) is 4.79 Å². The van der Waals surface area contributed by atoms with Crippen LogP contribution in [0.4, 0.5) is 4.79 Å². The second-order valence-electron chi connectivity index (χ2n) is 2.06. The highest BCUT2D eigenvalue weighted by molar-refractivity contribution is 6.00. The third kappa shape index (κ3) is 1.16. The molecule has 1 fully saturated rings. The number of carbonyl (C=O) groups is 2. The van der Waals surface area contributed by atoms with Crippen molar-refractivity contribution in [2.75, 3.05) is 0 Å². The molecule has 3 amide bonds. The van der Waals surface area contributed by atoms with Gasteiger partial charge in [0.1, 0.15) is 0 Å². The summed E-state index contributed by atoms with van der Waals surface area (Å²) in [5, 5.41) is 29.3. The minimum Gasteiger partial charge on any atom is -0.368 e. The van der Waals surface area contributed by atoms with Crippen LogP contribution in [0.15, 0.2) is 0 Å². The molecule has 0 saturated carbocycles. The first-order chi connectivity index (χ1) is 4.94. The third-order valence-corrected chi connectivity index (χ3v) is 1.21. The Bertz CT molecular complexity index is 213. The van der Waals surface area contributed by atoms with Gasteiger partial charge in [-0.2, -0.15) is 0 Å². The van der Waals surface area contributed by atoms with Crippen LogP contribution in [-0.4, -0.2) is 39.3 Å². The van der Waals surface area contributed by atoms with Crippen molar-refractivity contribution >= 4 is 11.9 Å². The predicted octanol–water partition coefficient (Wildman–Crippen LogP) is -3.17. The van der Waals surface area contributed by atoms with E-state index < -0.39 is 24.0 Å². The molecule has 5 N–H and O–H groups in total. The van der Waals surface area contributed by atoms with Gasteiger partial charge in [0.25, 0.3) is 11.7 Å². The van der Waals surface area contributed by atoms with Crippen LogP contribution >= 0.6 is 0 Å². The van der Waals surface area contributed by atoms with Crippen LogP contribution < -0.4 is 10.6 Å². The first kappa shape index (κ1) is 7.92. The molecule has 1 aliphatic rings. The third-order valence-electron chi connectivity index (χ3n) is 1.21. The molecule has 1 rings (SSSR count). The molecular weight excluding hydrogens is 156 g/mol. The first-order valence-electron chi connectivity index (χ1n) is 2.69. The van der Waals surface area contributed by atoms with Crippen molar-refractivity contribution in [2.24, 2.45) is 0 Å². The Morgan fingerprint density at radius 3 is 2.36 bits per heavy atom. The van der Waals surface area contributed by atoms with Crippen molar-refractivity contribution in [1.82, 2.24) is 10.6 Å². The quantitative estimate of drug-likeness (QED) is 0.241. The monoisotopic (exact) mass is 162 g/mol. The number of imide groups is 1. The smallest absolute Gasteiger partial charge is 0.323 e. The summed E-state index contributed by atoms with van der Waals surface area (Å²) in [7, 11) is 0. The summed E-state index contributed by atoms with van der Waals surface area (Å²) < 4.78 is 0. The zero-order valence-corrected chi connectivity index (χ0v) is 5.24. The maximum absolute atomic E-state index is 10.5. The van der Waals surface area contributed by atoms with Crippen molar-refractivity contribution in [3.8, 4) is 0 Å². The van der Waals surface area contributed by atoms with Gasteiger partial charge in [-0.05, 0) is 0 Å². The summed E-state index contributed by atoms with van der Waals surface area (Å²) in [4.78, 5) is 20.9. The Morgan fingerprint density at radius 2 is 1.91 bits per heavy atom. The fourth-order valence-corrected chi connectivity index (χ4v) is 0.580. The van der Waals surface area contributed by atoms with Crippen LogP contribution in [0.3, 0.4) is 0 Å². The van der Waals surface area contributed by atoms with E-state index in [0.29, 0.717) is 0 Å². The van der Waals surface area contributed by atoms with Crippen LogP contribution in [0.5, 0.6) is 0 Å². The van der Waals surface area contributed by atoms with E-state index in [0.717, 1.165) is 0 Å². The number of aliphatic hydroxyl groups is 3. The molecule has 62 valence electrons. The zero-order valence-electron chi connectivity index (χ0n) is 5.24. The number of urea groups is 1. The Balaban J connectivity index is 2.84. The molecule has 0 radical (unpaired) electrons. The number of carbonyl (C=O) groups excluding carboxylic acids is 2. The van der Waals surface area contributed by atoms with Crippen molar-refractivity contribution in [1.29, 1.82) is 0 Å². The van der Waals surface area contributed by atoms with Gasteiger partial charge < -0.3 is 20.6 Å². The predicted molar refractivity (Wildman–Crippen MR) is 29.8 cm³/mol. The van der Waals surface area contributed by atoms with Gasteiger partial charge in [0.05, 0.1) is 0 Å². The van der Waals surface area contributed by atoms with Gasteiger partial charge in [0.15, 0.2) is 6.23 Å². The lowest BCUT2D eigenvalue weighted by Crippen LogP contribution is -2.68. The van der Waals surface area contributed by atoms with Gasteiger partial charge in [0, 0.05) is 0 Å². The molecule has 0 aromatic carbocycles. The largest absolute Gasteiger partial charge is 0.368 e. The lowest BCUT2D eigenvalue weighted by atomic mass is 10.2. The maximum Gasteiger partial charge on any atom is 0.323 e. The summed E-state index contributed by atoms with van der Waals surface area (Å²) in [5.41, 5.74) is 0. The second-order valence-corrected chi connectivity index (χ2v) is 2.06. The maximum atomic E-state index is 10.5. The number of aliphatic hydroxyl groups excluding tert-OH is 1. The zero-order chi connectivity index (χ0) is 8.65. The average Bonchev–Trinajstić information content (AvgIpc) is 1.84. The van der Waals surface area contributed by atoms with E-state index in [1.54, 1.807) is 10.6 Å². The normalized spacial score (nSPS) is 29.2. The van der Waals surface area contributed by atoms with Crippen molar-refractivity contribution in [3.05, 3.63) is 0 Å². The minimum atomic E-state index is -2.95. The molecule has 7 heteroatoms. The Labute approximate surface area is 60.6 Å². The second kappa shape index (κ2) is 2.16. The van der Waals surface area contributed by atoms with Gasteiger partial charge >= 0.3 is 6.03 Å². The van der Waals surface area contributed by atoms with Crippen LogP contribution in [0, 0.1) is 0 Å². The molecule has 11 heavy (non-hydrogen) atoms. The summed E-state index contributed by atoms with van der Waals surface area (Å²) in [6.45, 7) is 0. The summed E-state index contributed by atoms with van der Waals surface area (Å²) in [5.74, 6) is -4.30. The Morgan fingerprint density at radius 1 is 1.36 bits per heavy atom. The summed E-state index contributed by atoms with van der Waals surface area (Å²) in [6, 6.07) is -0.971. The molecule has 1 saturated heterocycles. The highest BCUT2D eigenvalue weighted by Crippen LogP contribution is 2.07. The summed E-state index contributed by atoms with van der Waals surface area (Å²) >= 11 is 0. The number of hydrogen-bond acceptors (Lipinski definition) is 5. The Kier molecular flexibility index (Phi) is 1.55. The van der Waals surface area contributed by atoms with E-state index >= 15 is 0 Å². The van der Waals surface area contributed by atoms with Crippen molar-refractivity contribution in [3.63, 3.8) is 0 Å². The topological polar surface area (TPSA) is 119 Å². The number of rotatable bonds is 0. The van der Waals surface area contributed by atoms with Gasteiger partial charge in [-0.3, -0.25) is 10.1 Å². The van der Waals surface area contributed by atoms with Gasteiger partial charge in [-0.15, -0.1) is 0 Å². The van der Waals surface area contributed by atoms with Crippen molar-refractivity contribution in [2.45, 2.75) is 12.0 Å². The van der Waals surface area contributed by atoms with Crippen LogP contribution in [0.2, 0.25) is 0 Å². The highest BCUT2D eigenvalue weighted by atomic mass is 16.5. The fourth-order valence-electron chi connectivity index (χ4n) is 0.580. The fraction of sp³-hybridized carbons (Fsp3) is 0.500. The molecule has 1 atom stereocenters. The number of hydrogen-bond donors (Lipinski definition) is 5. The molecular formula is C4H6N2O5. The van der Waals surface area contributed by atoms with E-state index in [9.17, 15) is 9.59 Å². The average molecular weight is 162 g/mol. The SMILES string of the molecule is O=C1NC(=O)C(O)(O)C(O)N1. The molecule has 0 aliphatic carbocycles. The standard InChI is InChI=1S/C4H6N2O5/c7-1-4(10,11)2(8)6-3(9)5-1/h1,7,10-11H,(H2,5,6,8,9). The molecule has 0 bridgehead atoms. The minimum absolute atomic E-state index is 0.971. The van der Waals surface area contributed by atoms with E-state index in [1.807, 2.05) is 0 Å². The molecule has 1 aliphatic heterocycles. The molecule has 0 spiro atoms. The van der Waals surface area contributed by atoms with Gasteiger partial charge in [-0.1, -0.05) is 0 Å². The van der Waals surface area contributed by atoms with Crippen LogP contribution in [0.1, 0.15) is 0 Å².